The fourth-order valence-electron chi connectivity index (χ4n) is 5.27. The van der Waals surface area contributed by atoms with Crippen LogP contribution >= 0.6 is 0 Å². The lowest BCUT2D eigenvalue weighted by molar-refractivity contribution is -0.140. The van der Waals surface area contributed by atoms with Crippen LogP contribution in [-0.4, -0.2) is 46.3 Å². The standard InChI is InChI=1S/C25H27N3O3/c29-22(27-15-12-19-8-4-5-9-21(19)16-27)17-28-23(30)25(26-24(28)31)13-10-20(11-14-25)18-6-2-1-3-7-18/h1-9,20H,10-17H2,(H,26,31). The molecule has 0 unspecified atom stereocenters. The predicted molar refractivity (Wildman–Crippen MR) is 116 cm³/mol. The number of rotatable bonds is 3. The van der Waals surface area contributed by atoms with Crippen LogP contribution in [0.25, 0.3) is 0 Å². The van der Waals surface area contributed by atoms with Crippen molar-refractivity contribution in [2.45, 2.75) is 50.1 Å². The van der Waals surface area contributed by atoms with Gasteiger partial charge in [0.15, 0.2) is 0 Å². The SMILES string of the molecule is O=C(CN1C(=O)NC2(CCC(c3ccccc3)CC2)C1=O)N1CCc2ccccc2C1. The molecule has 1 N–H and O–H groups in total. The van der Waals surface area contributed by atoms with Gasteiger partial charge in [-0.15, -0.1) is 0 Å². The predicted octanol–water partition coefficient (Wildman–Crippen LogP) is 3.22. The number of amides is 4. The molecular weight excluding hydrogens is 390 g/mol. The Morgan fingerprint density at radius 1 is 0.968 bits per heavy atom. The van der Waals surface area contributed by atoms with Crippen molar-refractivity contribution in [2.24, 2.45) is 0 Å². The van der Waals surface area contributed by atoms with Crippen LogP contribution in [0.2, 0.25) is 0 Å². The highest BCUT2D eigenvalue weighted by Crippen LogP contribution is 2.40. The van der Waals surface area contributed by atoms with E-state index in [1.54, 1.807) is 4.90 Å². The Morgan fingerprint density at radius 2 is 1.65 bits per heavy atom. The zero-order valence-electron chi connectivity index (χ0n) is 17.5. The maximum absolute atomic E-state index is 13.2. The van der Waals surface area contributed by atoms with Gasteiger partial charge >= 0.3 is 6.03 Å². The number of urea groups is 1. The lowest BCUT2D eigenvalue weighted by Crippen LogP contribution is -2.50. The van der Waals surface area contributed by atoms with E-state index in [4.69, 9.17) is 0 Å². The molecule has 31 heavy (non-hydrogen) atoms. The summed E-state index contributed by atoms with van der Waals surface area (Å²) in [6.07, 6.45) is 3.71. The Kier molecular flexibility index (Phi) is 5.00. The Bertz CT molecular complexity index is 1010. The fourth-order valence-corrected chi connectivity index (χ4v) is 5.27. The first-order valence-corrected chi connectivity index (χ1v) is 11.1. The van der Waals surface area contributed by atoms with Gasteiger partial charge in [0.2, 0.25) is 5.91 Å². The molecule has 1 spiro atoms. The van der Waals surface area contributed by atoms with Gasteiger partial charge in [-0.2, -0.15) is 0 Å². The molecule has 2 heterocycles. The van der Waals surface area contributed by atoms with Crippen molar-refractivity contribution in [1.82, 2.24) is 15.1 Å². The molecule has 0 bridgehead atoms. The maximum Gasteiger partial charge on any atom is 0.325 e. The maximum atomic E-state index is 13.2. The van der Waals surface area contributed by atoms with Gasteiger partial charge in [-0.3, -0.25) is 14.5 Å². The van der Waals surface area contributed by atoms with Crippen LogP contribution in [0.15, 0.2) is 54.6 Å². The van der Waals surface area contributed by atoms with Gasteiger partial charge in [0.05, 0.1) is 0 Å². The van der Waals surface area contributed by atoms with E-state index in [1.165, 1.54) is 11.1 Å². The van der Waals surface area contributed by atoms with E-state index in [0.717, 1.165) is 29.7 Å². The molecule has 2 aliphatic heterocycles. The van der Waals surface area contributed by atoms with E-state index in [1.807, 2.05) is 36.4 Å². The van der Waals surface area contributed by atoms with E-state index in [9.17, 15) is 14.4 Å². The second kappa shape index (κ2) is 7.84. The number of carbonyl (C=O) groups excluding carboxylic acids is 3. The second-order valence-corrected chi connectivity index (χ2v) is 8.92. The summed E-state index contributed by atoms with van der Waals surface area (Å²) in [5.74, 6) is -0.0107. The molecule has 3 aliphatic rings. The zero-order valence-corrected chi connectivity index (χ0v) is 17.5. The summed E-state index contributed by atoms with van der Waals surface area (Å²) in [7, 11) is 0. The van der Waals surface area contributed by atoms with Gasteiger partial charge in [0.25, 0.3) is 5.91 Å². The minimum Gasteiger partial charge on any atom is -0.336 e. The highest BCUT2D eigenvalue weighted by Gasteiger charge is 2.53. The van der Waals surface area contributed by atoms with Gasteiger partial charge in [-0.1, -0.05) is 54.6 Å². The monoisotopic (exact) mass is 417 g/mol. The van der Waals surface area contributed by atoms with E-state index >= 15 is 0 Å². The molecule has 2 fully saturated rings. The second-order valence-electron chi connectivity index (χ2n) is 8.92. The summed E-state index contributed by atoms with van der Waals surface area (Å²) in [6.45, 7) is 0.961. The lowest BCUT2D eigenvalue weighted by Gasteiger charge is -2.35. The highest BCUT2D eigenvalue weighted by atomic mass is 16.2. The number of nitrogens with one attached hydrogen (secondary N) is 1. The van der Waals surface area contributed by atoms with Gasteiger partial charge in [-0.25, -0.2) is 4.79 Å². The summed E-state index contributed by atoms with van der Waals surface area (Å²) < 4.78 is 0. The van der Waals surface area contributed by atoms with Crippen LogP contribution in [0.4, 0.5) is 4.79 Å². The largest absolute Gasteiger partial charge is 0.336 e. The van der Waals surface area contributed by atoms with Crippen molar-refractivity contribution < 1.29 is 14.4 Å². The van der Waals surface area contributed by atoms with Crippen molar-refractivity contribution in [3.8, 4) is 0 Å². The van der Waals surface area contributed by atoms with Gasteiger partial charge in [-0.05, 0) is 54.7 Å². The van der Waals surface area contributed by atoms with Crippen LogP contribution in [0.1, 0.15) is 48.3 Å². The van der Waals surface area contributed by atoms with Crippen molar-refractivity contribution in [3.05, 3.63) is 71.3 Å². The fraction of sp³-hybridized carbons (Fsp3) is 0.400. The molecule has 1 saturated carbocycles. The Labute approximate surface area is 182 Å². The van der Waals surface area contributed by atoms with E-state index in [-0.39, 0.29) is 18.4 Å². The van der Waals surface area contributed by atoms with Crippen LogP contribution in [-0.2, 0) is 22.6 Å². The summed E-state index contributed by atoms with van der Waals surface area (Å²) >= 11 is 0. The topological polar surface area (TPSA) is 69.7 Å². The normalized spacial score (nSPS) is 25.5. The number of nitrogens with zero attached hydrogens (tertiary/aromatic N) is 2. The first-order valence-electron chi connectivity index (χ1n) is 11.1. The van der Waals surface area contributed by atoms with Crippen molar-refractivity contribution in [1.29, 1.82) is 0 Å². The van der Waals surface area contributed by atoms with Gasteiger partial charge < -0.3 is 10.2 Å². The molecule has 2 aromatic rings. The smallest absolute Gasteiger partial charge is 0.325 e. The molecular formula is C25H27N3O3. The molecule has 1 saturated heterocycles. The third kappa shape index (κ3) is 3.60. The van der Waals surface area contributed by atoms with Crippen LogP contribution < -0.4 is 5.32 Å². The average molecular weight is 418 g/mol. The number of carbonyl (C=O) groups is 3. The van der Waals surface area contributed by atoms with Crippen molar-refractivity contribution in [2.75, 3.05) is 13.1 Å². The molecule has 5 rings (SSSR count). The Morgan fingerprint density at radius 3 is 2.39 bits per heavy atom. The minimum atomic E-state index is -0.850. The molecule has 6 heteroatoms. The van der Waals surface area contributed by atoms with Crippen molar-refractivity contribution in [3.63, 3.8) is 0 Å². The van der Waals surface area contributed by atoms with Crippen LogP contribution in [0.5, 0.6) is 0 Å². The Hall–Kier alpha value is -3.15. The number of fused-ring (bicyclic) bond motifs is 1. The number of benzene rings is 2. The van der Waals surface area contributed by atoms with E-state index in [0.29, 0.717) is 31.8 Å². The van der Waals surface area contributed by atoms with Crippen LogP contribution in [0.3, 0.4) is 0 Å². The molecule has 0 aromatic heterocycles. The third-order valence-corrected chi connectivity index (χ3v) is 7.13. The number of imide groups is 1. The zero-order chi connectivity index (χ0) is 21.4. The van der Waals surface area contributed by atoms with Gasteiger partial charge in [0.1, 0.15) is 12.1 Å². The number of hydrogen-bond donors (Lipinski definition) is 1. The summed E-state index contributed by atoms with van der Waals surface area (Å²) in [6, 6.07) is 18.0. The minimum absolute atomic E-state index is 0.173. The molecule has 4 amide bonds. The highest BCUT2D eigenvalue weighted by molar-refractivity contribution is 6.09. The first kappa shape index (κ1) is 19.8. The van der Waals surface area contributed by atoms with Gasteiger partial charge in [0, 0.05) is 13.1 Å². The average Bonchev–Trinajstić information content (AvgIpc) is 3.03. The third-order valence-electron chi connectivity index (χ3n) is 7.13. The summed E-state index contributed by atoms with van der Waals surface area (Å²) in [4.78, 5) is 41.7. The van der Waals surface area contributed by atoms with Crippen LogP contribution in [0, 0.1) is 0 Å². The summed E-state index contributed by atoms with van der Waals surface area (Å²) in [5.41, 5.74) is 2.83. The Balaban J connectivity index is 1.23. The molecule has 160 valence electrons. The molecule has 0 radical (unpaired) electrons. The van der Waals surface area contributed by atoms with Crippen molar-refractivity contribution >= 4 is 17.8 Å². The number of hydrogen-bond acceptors (Lipinski definition) is 3. The quantitative estimate of drug-likeness (QED) is 0.780. The molecule has 1 aliphatic carbocycles. The molecule has 2 aromatic carbocycles. The molecule has 0 atom stereocenters. The lowest BCUT2D eigenvalue weighted by atomic mass is 9.74. The first-order chi connectivity index (χ1) is 15.1. The van der Waals surface area contributed by atoms with E-state index in [2.05, 4.69) is 23.5 Å². The molecule has 6 nitrogen and oxygen atoms in total. The summed E-state index contributed by atoms with van der Waals surface area (Å²) in [5, 5.41) is 2.93. The van der Waals surface area contributed by atoms with E-state index < -0.39 is 11.6 Å².